The molecule has 0 radical (unpaired) electrons. The van der Waals surface area contributed by atoms with E-state index in [4.69, 9.17) is 5.73 Å². The van der Waals surface area contributed by atoms with Gasteiger partial charge in [-0.2, -0.15) is 0 Å². The van der Waals surface area contributed by atoms with Crippen LogP contribution in [0.2, 0.25) is 0 Å². The smallest absolute Gasteiger partial charge is 0.0703 e. The molecule has 0 aliphatic carbocycles. The van der Waals surface area contributed by atoms with Gasteiger partial charge in [0.2, 0.25) is 0 Å². The average molecular weight is 166 g/mol. The maximum absolute atomic E-state index is 9.28. The molecule has 3 heteroatoms. The molecule has 0 aliphatic heterocycles. The first kappa shape index (κ1) is 9.16. The van der Waals surface area contributed by atoms with E-state index in [2.05, 4.69) is 4.98 Å². The molecule has 3 nitrogen and oxygen atoms in total. The van der Waals surface area contributed by atoms with Gasteiger partial charge in [-0.25, -0.2) is 0 Å². The van der Waals surface area contributed by atoms with Crippen molar-refractivity contribution in [2.75, 3.05) is 6.54 Å². The van der Waals surface area contributed by atoms with Crippen molar-refractivity contribution in [3.8, 4) is 0 Å². The Kier molecular flexibility index (Phi) is 3.19. The monoisotopic (exact) mass is 166 g/mol. The molecule has 1 rings (SSSR count). The number of nitrogens with two attached hydrogens (primary N) is 1. The molecule has 0 bridgehead atoms. The molecule has 3 N–H and O–H groups in total. The zero-order chi connectivity index (χ0) is 8.97. The fourth-order valence-electron chi connectivity index (χ4n) is 1.07. The van der Waals surface area contributed by atoms with Gasteiger partial charge in [0.15, 0.2) is 0 Å². The van der Waals surface area contributed by atoms with E-state index in [0.29, 0.717) is 13.0 Å². The standard InChI is InChI=1S/C9H14N2O/c1-7-8(3-2-4-11-7)5-9(12)6-10/h2-4,9,12H,5-6,10H2,1H3. The lowest BCUT2D eigenvalue weighted by atomic mass is 10.1. The Morgan fingerprint density at radius 3 is 3.00 bits per heavy atom. The summed E-state index contributed by atoms with van der Waals surface area (Å²) in [7, 11) is 0. The Bertz CT molecular complexity index is 250. The van der Waals surface area contributed by atoms with Gasteiger partial charge in [0.25, 0.3) is 0 Å². The predicted octanol–water partition coefficient (Wildman–Crippen LogP) is 0.252. The van der Waals surface area contributed by atoms with Crippen LogP contribution >= 0.6 is 0 Å². The second-order valence-corrected chi connectivity index (χ2v) is 2.84. The highest BCUT2D eigenvalue weighted by atomic mass is 16.3. The summed E-state index contributed by atoms with van der Waals surface area (Å²) in [4.78, 5) is 4.11. The number of aliphatic hydroxyl groups is 1. The van der Waals surface area contributed by atoms with Gasteiger partial charge in [0, 0.05) is 24.9 Å². The topological polar surface area (TPSA) is 59.1 Å². The molecule has 1 aromatic heterocycles. The number of hydrogen-bond donors (Lipinski definition) is 2. The van der Waals surface area contributed by atoms with Gasteiger partial charge in [-0.15, -0.1) is 0 Å². The third-order valence-electron chi connectivity index (χ3n) is 1.84. The van der Waals surface area contributed by atoms with E-state index in [1.165, 1.54) is 0 Å². The number of aryl methyl sites for hydroxylation is 1. The van der Waals surface area contributed by atoms with Crippen molar-refractivity contribution in [1.82, 2.24) is 4.98 Å². The summed E-state index contributed by atoms with van der Waals surface area (Å²) >= 11 is 0. The molecule has 1 unspecified atom stereocenters. The van der Waals surface area contributed by atoms with Crippen LogP contribution in [0.25, 0.3) is 0 Å². The highest BCUT2D eigenvalue weighted by Crippen LogP contribution is 2.06. The largest absolute Gasteiger partial charge is 0.391 e. The van der Waals surface area contributed by atoms with Crippen LogP contribution < -0.4 is 5.73 Å². The highest BCUT2D eigenvalue weighted by Gasteiger charge is 2.04. The number of aliphatic hydroxyl groups excluding tert-OH is 1. The van der Waals surface area contributed by atoms with Crippen LogP contribution in [-0.2, 0) is 6.42 Å². The van der Waals surface area contributed by atoms with Gasteiger partial charge in [0.05, 0.1) is 6.10 Å². The molecule has 1 heterocycles. The van der Waals surface area contributed by atoms with Crippen LogP contribution in [0.4, 0.5) is 0 Å². The second-order valence-electron chi connectivity index (χ2n) is 2.84. The Hall–Kier alpha value is -0.930. The van der Waals surface area contributed by atoms with Crippen LogP contribution in [0.5, 0.6) is 0 Å². The van der Waals surface area contributed by atoms with Crippen molar-refractivity contribution >= 4 is 0 Å². The number of aromatic nitrogens is 1. The van der Waals surface area contributed by atoms with Crippen molar-refractivity contribution < 1.29 is 5.11 Å². The van der Waals surface area contributed by atoms with Crippen molar-refractivity contribution in [2.24, 2.45) is 5.73 Å². The van der Waals surface area contributed by atoms with Crippen molar-refractivity contribution in [2.45, 2.75) is 19.4 Å². The molecule has 0 aliphatic rings. The Morgan fingerprint density at radius 1 is 1.67 bits per heavy atom. The quantitative estimate of drug-likeness (QED) is 0.676. The Labute approximate surface area is 72.2 Å². The van der Waals surface area contributed by atoms with Crippen molar-refractivity contribution in [1.29, 1.82) is 0 Å². The third-order valence-corrected chi connectivity index (χ3v) is 1.84. The fourth-order valence-corrected chi connectivity index (χ4v) is 1.07. The summed E-state index contributed by atoms with van der Waals surface area (Å²) in [5.74, 6) is 0. The number of hydrogen-bond acceptors (Lipinski definition) is 3. The molecule has 0 spiro atoms. The number of nitrogens with zero attached hydrogens (tertiary/aromatic N) is 1. The molecular formula is C9H14N2O. The van der Waals surface area contributed by atoms with Gasteiger partial charge >= 0.3 is 0 Å². The fraction of sp³-hybridized carbons (Fsp3) is 0.444. The zero-order valence-electron chi connectivity index (χ0n) is 7.20. The third kappa shape index (κ3) is 2.29. The minimum Gasteiger partial charge on any atom is -0.391 e. The second kappa shape index (κ2) is 4.18. The molecule has 12 heavy (non-hydrogen) atoms. The van der Waals surface area contributed by atoms with E-state index < -0.39 is 6.10 Å². The van der Waals surface area contributed by atoms with Gasteiger partial charge in [-0.05, 0) is 18.6 Å². The summed E-state index contributed by atoms with van der Waals surface area (Å²) in [6.07, 6.45) is 1.89. The zero-order valence-corrected chi connectivity index (χ0v) is 7.20. The van der Waals surface area contributed by atoms with E-state index in [9.17, 15) is 5.11 Å². The van der Waals surface area contributed by atoms with Gasteiger partial charge < -0.3 is 10.8 Å². The summed E-state index contributed by atoms with van der Waals surface area (Å²) < 4.78 is 0. The summed E-state index contributed by atoms with van der Waals surface area (Å²) in [6.45, 7) is 2.23. The summed E-state index contributed by atoms with van der Waals surface area (Å²) in [5, 5.41) is 9.28. The number of pyridine rings is 1. The van der Waals surface area contributed by atoms with Crippen LogP contribution in [0, 0.1) is 6.92 Å². The van der Waals surface area contributed by atoms with Gasteiger partial charge in [-0.3, -0.25) is 4.98 Å². The first-order chi connectivity index (χ1) is 5.74. The Balaban J connectivity index is 2.69. The van der Waals surface area contributed by atoms with Crippen molar-refractivity contribution in [3.63, 3.8) is 0 Å². The SMILES string of the molecule is Cc1ncccc1CC(O)CN. The summed E-state index contributed by atoms with van der Waals surface area (Å²) in [5.41, 5.74) is 7.33. The maximum Gasteiger partial charge on any atom is 0.0703 e. The molecule has 1 atom stereocenters. The Morgan fingerprint density at radius 2 is 2.42 bits per heavy atom. The van der Waals surface area contributed by atoms with Gasteiger partial charge in [-0.1, -0.05) is 6.07 Å². The maximum atomic E-state index is 9.28. The molecule has 0 fully saturated rings. The molecule has 0 saturated carbocycles. The van der Waals surface area contributed by atoms with Crippen LogP contribution in [0.1, 0.15) is 11.3 Å². The average Bonchev–Trinajstić information content (AvgIpc) is 2.09. The van der Waals surface area contributed by atoms with E-state index in [1.54, 1.807) is 6.20 Å². The minimum atomic E-state index is -0.451. The molecule has 66 valence electrons. The first-order valence-corrected chi connectivity index (χ1v) is 4.02. The molecule has 0 aromatic carbocycles. The van der Waals surface area contributed by atoms with Crippen LogP contribution in [-0.4, -0.2) is 22.7 Å². The normalized spacial score (nSPS) is 12.9. The highest BCUT2D eigenvalue weighted by molar-refractivity contribution is 5.18. The van der Waals surface area contributed by atoms with E-state index in [0.717, 1.165) is 11.3 Å². The van der Waals surface area contributed by atoms with Crippen LogP contribution in [0.15, 0.2) is 18.3 Å². The van der Waals surface area contributed by atoms with E-state index in [1.807, 2.05) is 19.1 Å². The van der Waals surface area contributed by atoms with E-state index in [-0.39, 0.29) is 0 Å². The van der Waals surface area contributed by atoms with Crippen LogP contribution in [0.3, 0.4) is 0 Å². The first-order valence-electron chi connectivity index (χ1n) is 4.02. The molecule has 0 saturated heterocycles. The lowest BCUT2D eigenvalue weighted by Crippen LogP contribution is -2.22. The van der Waals surface area contributed by atoms with Gasteiger partial charge in [0.1, 0.15) is 0 Å². The summed E-state index contributed by atoms with van der Waals surface area (Å²) in [6, 6.07) is 3.83. The lowest BCUT2D eigenvalue weighted by Gasteiger charge is -2.08. The van der Waals surface area contributed by atoms with Crippen molar-refractivity contribution in [3.05, 3.63) is 29.6 Å². The molecule has 0 amide bonds. The lowest BCUT2D eigenvalue weighted by molar-refractivity contribution is 0.183. The molecular weight excluding hydrogens is 152 g/mol. The predicted molar refractivity (Wildman–Crippen MR) is 47.7 cm³/mol. The number of rotatable bonds is 3. The van der Waals surface area contributed by atoms with E-state index >= 15 is 0 Å². The minimum absolute atomic E-state index is 0.300. The molecule has 1 aromatic rings.